The Morgan fingerprint density at radius 2 is 2.43 bits per heavy atom. The second-order valence-corrected chi connectivity index (χ2v) is 3.24. The Labute approximate surface area is 86.6 Å². The zero-order valence-electron chi connectivity index (χ0n) is 7.73. The summed E-state index contributed by atoms with van der Waals surface area (Å²) in [5.74, 6) is 0.258. The molecule has 1 aromatic heterocycles. The molecular weight excluding hydrogens is 198 g/mol. The Hall–Kier alpha value is -1.49. The monoisotopic (exact) mass is 209 g/mol. The topological polar surface area (TPSA) is 68.0 Å². The number of pyridine rings is 1. The van der Waals surface area contributed by atoms with E-state index in [1.807, 2.05) is 6.26 Å². The lowest BCUT2D eigenvalue weighted by Gasteiger charge is -2.00. The summed E-state index contributed by atoms with van der Waals surface area (Å²) in [5, 5.41) is 4.36. The maximum atomic E-state index is 11.2. The van der Waals surface area contributed by atoms with Crippen LogP contribution in [0, 0.1) is 0 Å². The number of rotatable bonds is 3. The lowest BCUT2D eigenvalue weighted by molar-refractivity contribution is -0.111. The van der Waals surface area contributed by atoms with Crippen LogP contribution in [0.5, 0.6) is 0 Å². The average molecular weight is 209 g/mol. The molecule has 0 spiro atoms. The van der Waals surface area contributed by atoms with Crippen molar-refractivity contribution in [2.75, 3.05) is 17.3 Å². The Morgan fingerprint density at radius 3 is 3.00 bits per heavy atom. The molecule has 0 radical (unpaired) electrons. The standard InChI is InChI=1S/C9H11N3OS/c1-14-5-4-9(13)12-7-2-3-8(10)11-6-7/h2-6H,1H3,(H2,10,11)(H,12,13)/b5-4+. The molecule has 0 aromatic carbocycles. The smallest absolute Gasteiger partial charge is 0.248 e. The first-order chi connectivity index (χ1) is 6.72. The number of thioether (sulfide) groups is 1. The number of hydrogen-bond acceptors (Lipinski definition) is 4. The fourth-order valence-corrected chi connectivity index (χ4v) is 1.05. The van der Waals surface area contributed by atoms with Crippen molar-refractivity contribution in [2.45, 2.75) is 0 Å². The van der Waals surface area contributed by atoms with Crippen LogP contribution in [0.4, 0.5) is 11.5 Å². The van der Waals surface area contributed by atoms with Crippen molar-refractivity contribution >= 4 is 29.2 Å². The maximum absolute atomic E-state index is 11.2. The Kier molecular flexibility index (Phi) is 4.00. The van der Waals surface area contributed by atoms with Gasteiger partial charge in [-0.15, -0.1) is 11.8 Å². The summed E-state index contributed by atoms with van der Waals surface area (Å²) in [5.41, 5.74) is 6.03. The molecule has 0 aliphatic rings. The largest absolute Gasteiger partial charge is 0.384 e. The number of carbonyl (C=O) groups is 1. The van der Waals surface area contributed by atoms with Crippen molar-refractivity contribution < 1.29 is 4.79 Å². The van der Waals surface area contributed by atoms with Gasteiger partial charge in [0.05, 0.1) is 11.9 Å². The van der Waals surface area contributed by atoms with E-state index in [1.165, 1.54) is 24.0 Å². The van der Waals surface area contributed by atoms with Crippen LogP contribution >= 0.6 is 11.8 Å². The van der Waals surface area contributed by atoms with Crippen LogP contribution in [-0.4, -0.2) is 17.1 Å². The van der Waals surface area contributed by atoms with Crippen molar-refractivity contribution in [3.8, 4) is 0 Å². The van der Waals surface area contributed by atoms with Gasteiger partial charge in [-0.3, -0.25) is 4.79 Å². The molecule has 0 saturated carbocycles. The van der Waals surface area contributed by atoms with E-state index in [0.29, 0.717) is 11.5 Å². The number of hydrogen-bond donors (Lipinski definition) is 2. The van der Waals surface area contributed by atoms with Gasteiger partial charge in [-0.2, -0.15) is 0 Å². The van der Waals surface area contributed by atoms with Crippen LogP contribution in [0.2, 0.25) is 0 Å². The molecule has 0 atom stereocenters. The van der Waals surface area contributed by atoms with E-state index < -0.39 is 0 Å². The summed E-state index contributed by atoms with van der Waals surface area (Å²) >= 11 is 1.47. The predicted octanol–water partition coefficient (Wildman–Crippen LogP) is 1.48. The third kappa shape index (κ3) is 3.49. The molecule has 14 heavy (non-hydrogen) atoms. The second-order valence-electron chi connectivity index (χ2n) is 2.50. The van der Waals surface area contributed by atoms with Gasteiger partial charge in [-0.05, 0) is 23.8 Å². The highest BCUT2D eigenvalue weighted by Gasteiger charge is 1.96. The van der Waals surface area contributed by atoms with Crippen LogP contribution in [0.15, 0.2) is 29.8 Å². The minimum atomic E-state index is -0.175. The zero-order chi connectivity index (χ0) is 10.4. The summed E-state index contributed by atoms with van der Waals surface area (Å²) < 4.78 is 0. The number of anilines is 2. The molecule has 5 heteroatoms. The predicted molar refractivity (Wildman–Crippen MR) is 59.9 cm³/mol. The highest BCUT2D eigenvalue weighted by Crippen LogP contribution is 2.06. The zero-order valence-corrected chi connectivity index (χ0v) is 8.54. The Bertz CT molecular complexity index is 334. The van der Waals surface area contributed by atoms with E-state index in [-0.39, 0.29) is 5.91 Å². The molecule has 3 N–H and O–H groups in total. The van der Waals surface area contributed by atoms with Gasteiger partial charge >= 0.3 is 0 Å². The molecule has 1 rings (SSSR count). The number of carbonyl (C=O) groups excluding carboxylic acids is 1. The lowest BCUT2D eigenvalue weighted by Crippen LogP contribution is -2.07. The van der Waals surface area contributed by atoms with Crippen LogP contribution < -0.4 is 11.1 Å². The van der Waals surface area contributed by atoms with Crippen LogP contribution in [0.25, 0.3) is 0 Å². The summed E-state index contributed by atoms with van der Waals surface area (Å²) in [6, 6.07) is 3.33. The summed E-state index contributed by atoms with van der Waals surface area (Å²) in [6.45, 7) is 0. The van der Waals surface area contributed by atoms with Crippen LogP contribution in [0.1, 0.15) is 0 Å². The number of aromatic nitrogens is 1. The van der Waals surface area contributed by atoms with Gasteiger partial charge in [0.25, 0.3) is 0 Å². The SMILES string of the molecule is CS/C=C/C(=O)Nc1ccc(N)nc1. The highest BCUT2D eigenvalue weighted by atomic mass is 32.2. The third-order valence-corrected chi connectivity index (χ3v) is 1.82. The van der Waals surface area contributed by atoms with Crippen LogP contribution in [-0.2, 0) is 4.79 Å². The van der Waals surface area contributed by atoms with E-state index in [1.54, 1.807) is 17.5 Å². The van der Waals surface area contributed by atoms with Gasteiger partial charge in [0.2, 0.25) is 5.91 Å². The van der Waals surface area contributed by atoms with Gasteiger partial charge < -0.3 is 11.1 Å². The van der Waals surface area contributed by atoms with E-state index in [9.17, 15) is 4.79 Å². The number of amides is 1. The fourth-order valence-electron chi connectivity index (χ4n) is 0.793. The summed E-state index contributed by atoms with van der Waals surface area (Å²) in [6.07, 6.45) is 4.86. The fraction of sp³-hybridized carbons (Fsp3) is 0.111. The molecule has 1 amide bonds. The van der Waals surface area contributed by atoms with Crippen molar-refractivity contribution in [3.05, 3.63) is 29.8 Å². The molecule has 0 aliphatic carbocycles. The van der Waals surface area contributed by atoms with Crippen molar-refractivity contribution in [1.29, 1.82) is 0 Å². The van der Waals surface area contributed by atoms with Gasteiger partial charge in [0.15, 0.2) is 0 Å². The molecule has 4 nitrogen and oxygen atoms in total. The van der Waals surface area contributed by atoms with E-state index in [4.69, 9.17) is 5.73 Å². The van der Waals surface area contributed by atoms with E-state index in [2.05, 4.69) is 10.3 Å². The first-order valence-electron chi connectivity index (χ1n) is 3.94. The van der Waals surface area contributed by atoms with E-state index >= 15 is 0 Å². The Morgan fingerprint density at radius 1 is 1.64 bits per heavy atom. The quantitative estimate of drug-likeness (QED) is 0.740. The second kappa shape index (κ2) is 5.29. The van der Waals surface area contributed by atoms with E-state index in [0.717, 1.165) is 0 Å². The van der Waals surface area contributed by atoms with Crippen LogP contribution in [0.3, 0.4) is 0 Å². The number of nitrogen functional groups attached to an aromatic ring is 1. The molecule has 0 fully saturated rings. The molecule has 1 aromatic rings. The van der Waals surface area contributed by atoms with Gasteiger partial charge in [-0.1, -0.05) is 0 Å². The summed E-state index contributed by atoms with van der Waals surface area (Å²) in [7, 11) is 0. The first kappa shape index (κ1) is 10.6. The molecule has 0 unspecified atom stereocenters. The van der Waals surface area contributed by atoms with Crippen molar-refractivity contribution in [2.24, 2.45) is 0 Å². The molecular formula is C9H11N3OS. The maximum Gasteiger partial charge on any atom is 0.248 e. The van der Waals surface area contributed by atoms with Gasteiger partial charge in [-0.25, -0.2) is 4.98 Å². The highest BCUT2D eigenvalue weighted by molar-refractivity contribution is 8.01. The molecule has 74 valence electrons. The number of nitrogens with one attached hydrogen (secondary N) is 1. The summed E-state index contributed by atoms with van der Waals surface area (Å²) in [4.78, 5) is 15.0. The molecule has 1 heterocycles. The average Bonchev–Trinajstić information content (AvgIpc) is 2.18. The lowest BCUT2D eigenvalue weighted by atomic mass is 10.4. The third-order valence-electron chi connectivity index (χ3n) is 1.41. The molecule has 0 saturated heterocycles. The molecule has 0 aliphatic heterocycles. The number of nitrogens with two attached hydrogens (primary N) is 1. The normalized spacial score (nSPS) is 10.4. The van der Waals surface area contributed by atoms with Gasteiger partial charge in [0.1, 0.15) is 5.82 Å². The minimum absolute atomic E-state index is 0.175. The first-order valence-corrected chi connectivity index (χ1v) is 5.23. The van der Waals surface area contributed by atoms with Crippen molar-refractivity contribution in [1.82, 2.24) is 4.98 Å². The Balaban J connectivity index is 2.56. The minimum Gasteiger partial charge on any atom is -0.384 e. The molecule has 0 bridgehead atoms. The van der Waals surface area contributed by atoms with Gasteiger partial charge in [0, 0.05) is 6.08 Å². The van der Waals surface area contributed by atoms with Crippen molar-refractivity contribution in [3.63, 3.8) is 0 Å². The number of nitrogens with zero attached hydrogens (tertiary/aromatic N) is 1.